The van der Waals surface area contributed by atoms with Crippen molar-refractivity contribution in [3.63, 3.8) is 0 Å². The number of cyclic esters (lactones) is 1. The number of unbranched alkanes of at least 4 members (excludes halogenated alkanes) is 3. The number of carbonyl (C=O) groups excluding carboxylic acids is 1. The normalized spacial score (nSPS) is 21.5. The van der Waals surface area contributed by atoms with Crippen molar-refractivity contribution < 1.29 is 19.7 Å². The van der Waals surface area contributed by atoms with Crippen LogP contribution in [0.2, 0.25) is 0 Å². The van der Waals surface area contributed by atoms with Gasteiger partial charge in [-0.2, -0.15) is 0 Å². The number of esters is 1. The molecule has 0 unspecified atom stereocenters. The summed E-state index contributed by atoms with van der Waals surface area (Å²) >= 11 is 0. The summed E-state index contributed by atoms with van der Waals surface area (Å²) in [5.41, 5.74) is 0. The molecule has 0 aromatic rings. The molecular weight excluding hydrogens is 184 g/mol. The molecule has 1 rings (SSSR count). The van der Waals surface area contributed by atoms with Crippen molar-refractivity contribution in [1.29, 1.82) is 0 Å². The molecule has 1 heterocycles. The first-order valence-electron chi connectivity index (χ1n) is 5.00. The van der Waals surface area contributed by atoms with Gasteiger partial charge in [-0.1, -0.05) is 26.2 Å². The summed E-state index contributed by atoms with van der Waals surface area (Å²) in [5.74, 6) is -1.76. The van der Waals surface area contributed by atoms with Crippen molar-refractivity contribution >= 4 is 5.97 Å². The topological polar surface area (TPSA) is 66.8 Å². The van der Waals surface area contributed by atoms with E-state index in [0.717, 1.165) is 25.7 Å². The molecule has 80 valence electrons. The predicted molar refractivity (Wildman–Crippen MR) is 50.9 cm³/mol. The molecule has 0 saturated heterocycles. The standard InChI is InChI=1S/C10H16O4/c1-2-3-4-5-6-7-8(11)9(12)10(13)14-7/h7,11-12H,2-6H2,1H3/t7-/m0/s1. The smallest absolute Gasteiger partial charge is 0.377 e. The molecule has 1 aliphatic rings. The molecular formula is C10H16O4. The minimum atomic E-state index is -0.817. The van der Waals surface area contributed by atoms with Crippen LogP contribution in [0, 0.1) is 0 Å². The van der Waals surface area contributed by atoms with Crippen LogP contribution in [0.5, 0.6) is 0 Å². The van der Waals surface area contributed by atoms with Crippen LogP contribution in [0.3, 0.4) is 0 Å². The van der Waals surface area contributed by atoms with Gasteiger partial charge in [-0.15, -0.1) is 0 Å². The van der Waals surface area contributed by atoms with Gasteiger partial charge in [0, 0.05) is 0 Å². The number of aliphatic hydroxyl groups is 2. The van der Waals surface area contributed by atoms with Gasteiger partial charge in [0.1, 0.15) is 0 Å². The minimum absolute atomic E-state index is 0.313. The molecule has 0 aliphatic carbocycles. The summed E-state index contributed by atoms with van der Waals surface area (Å²) in [6.07, 6.45) is 4.18. The van der Waals surface area contributed by atoms with Gasteiger partial charge in [-0.05, 0) is 12.8 Å². The van der Waals surface area contributed by atoms with Crippen LogP contribution in [-0.2, 0) is 9.53 Å². The average Bonchev–Trinajstić information content (AvgIpc) is 2.41. The van der Waals surface area contributed by atoms with E-state index in [-0.39, 0.29) is 5.76 Å². The number of hydrogen-bond acceptors (Lipinski definition) is 4. The van der Waals surface area contributed by atoms with E-state index in [0.29, 0.717) is 6.42 Å². The van der Waals surface area contributed by atoms with E-state index in [2.05, 4.69) is 6.92 Å². The van der Waals surface area contributed by atoms with Crippen LogP contribution in [0.4, 0.5) is 0 Å². The second-order valence-corrected chi connectivity index (χ2v) is 3.48. The number of rotatable bonds is 5. The zero-order valence-electron chi connectivity index (χ0n) is 8.32. The van der Waals surface area contributed by atoms with Crippen molar-refractivity contribution in [2.45, 2.75) is 45.1 Å². The third kappa shape index (κ3) is 2.40. The Morgan fingerprint density at radius 2 is 2.00 bits per heavy atom. The molecule has 0 aromatic heterocycles. The van der Waals surface area contributed by atoms with Crippen LogP contribution in [0.1, 0.15) is 39.0 Å². The summed E-state index contributed by atoms with van der Waals surface area (Å²) < 4.78 is 4.75. The van der Waals surface area contributed by atoms with Crippen LogP contribution in [-0.4, -0.2) is 22.3 Å². The van der Waals surface area contributed by atoms with Gasteiger partial charge in [0.15, 0.2) is 11.9 Å². The van der Waals surface area contributed by atoms with Crippen molar-refractivity contribution in [2.24, 2.45) is 0 Å². The predicted octanol–water partition coefficient (Wildman–Crippen LogP) is 2.21. The number of aliphatic hydroxyl groups excluding tert-OH is 2. The highest BCUT2D eigenvalue weighted by Gasteiger charge is 2.33. The maximum atomic E-state index is 10.8. The Morgan fingerprint density at radius 1 is 1.29 bits per heavy atom. The fraction of sp³-hybridized carbons (Fsp3) is 0.700. The lowest BCUT2D eigenvalue weighted by Gasteiger charge is -2.08. The third-order valence-corrected chi connectivity index (χ3v) is 2.31. The monoisotopic (exact) mass is 200 g/mol. The van der Waals surface area contributed by atoms with E-state index in [4.69, 9.17) is 9.84 Å². The second-order valence-electron chi connectivity index (χ2n) is 3.48. The van der Waals surface area contributed by atoms with E-state index < -0.39 is 17.8 Å². The molecule has 0 fully saturated rings. The third-order valence-electron chi connectivity index (χ3n) is 2.31. The molecule has 1 atom stereocenters. The zero-order chi connectivity index (χ0) is 10.6. The van der Waals surface area contributed by atoms with Crippen LogP contribution >= 0.6 is 0 Å². The molecule has 0 amide bonds. The molecule has 4 heteroatoms. The largest absolute Gasteiger partial charge is 0.505 e. The molecule has 0 spiro atoms. The van der Waals surface area contributed by atoms with Crippen molar-refractivity contribution in [2.75, 3.05) is 0 Å². The van der Waals surface area contributed by atoms with E-state index in [1.54, 1.807) is 0 Å². The van der Waals surface area contributed by atoms with Crippen LogP contribution < -0.4 is 0 Å². The molecule has 14 heavy (non-hydrogen) atoms. The van der Waals surface area contributed by atoms with Gasteiger partial charge in [0.2, 0.25) is 5.76 Å². The van der Waals surface area contributed by atoms with Crippen molar-refractivity contribution in [3.8, 4) is 0 Å². The highest BCUT2D eigenvalue weighted by atomic mass is 16.6. The van der Waals surface area contributed by atoms with Crippen molar-refractivity contribution in [3.05, 3.63) is 11.5 Å². The number of carbonyl (C=O) groups is 1. The van der Waals surface area contributed by atoms with Crippen LogP contribution in [0.25, 0.3) is 0 Å². The molecule has 0 aromatic carbocycles. The van der Waals surface area contributed by atoms with E-state index in [1.807, 2.05) is 0 Å². The quantitative estimate of drug-likeness (QED) is 0.527. The lowest BCUT2D eigenvalue weighted by Crippen LogP contribution is -2.11. The number of ether oxygens (including phenoxy) is 1. The zero-order valence-corrected chi connectivity index (χ0v) is 8.32. The van der Waals surface area contributed by atoms with Gasteiger partial charge in [0.05, 0.1) is 0 Å². The van der Waals surface area contributed by atoms with Gasteiger partial charge in [0.25, 0.3) is 0 Å². The first-order chi connectivity index (χ1) is 6.66. The molecule has 0 bridgehead atoms. The summed E-state index contributed by atoms with van der Waals surface area (Å²) in [4.78, 5) is 10.8. The van der Waals surface area contributed by atoms with Crippen molar-refractivity contribution in [1.82, 2.24) is 0 Å². The Bertz CT molecular complexity index is 245. The summed E-state index contributed by atoms with van der Waals surface area (Å²) in [7, 11) is 0. The van der Waals surface area contributed by atoms with E-state index in [1.165, 1.54) is 0 Å². The molecule has 4 nitrogen and oxygen atoms in total. The number of hydrogen-bond donors (Lipinski definition) is 2. The Morgan fingerprint density at radius 3 is 2.50 bits per heavy atom. The SMILES string of the molecule is CCCCCC[C@@H]1OC(=O)C(O)=C1O. The summed E-state index contributed by atoms with van der Waals surface area (Å²) in [6, 6.07) is 0. The maximum Gasteiger partial charge on any atom is 0.377 e. The first-order valence-corrected chi connectivity index (χ1v) is 5.00. The minimum Gasteiger partial charge on any atom is -0.505 e. The van der Waals surface area contributed by atoms with Gasteiger partial charge in [-0.3, -0.25) is 0 Å². The van der Waals surface area contributed by atoms with Gasteiger partial charge < -0.3 is 14.9 Å². The Balaban J connectivity index is 2.30. The van der Waals surface area contributed by atoms with E-state index >= 15 is 0 Å². The fourth-order valence-electron chi connectivity index (χ4n) is 1.45. The average molecular weight is 200 g/mol. The van der Waals surface area contributed by atoms with Crippen LogP contribution in [0.15, 0.2) is 11.5 Å². The highest BCUT2D eigenvalue weighted by Crippen LogP contribution is 2.23. The summed E-state index contributed by atoms with van der Waals surface area (Å²) in [6.45, 7) is 2.11. The lowest BCUT2D eigenvalue weighted by molar-refractivity contribution is -0.142. The lowest BCUT2D eigenvalue weighted by atomic mass is 10.1. The fourth-order valence-corrected chi connectivity index (χ4v) is 1.45. The Hall–Kier alpha value is -1.19. The molecule has 0 radical (unpaired) electrons. The molecule has 2 N–H and O–H groups in total. The second kappa shape index (κ2) is 4.88. The highest BCUT2D eigenvalue weighted by molar-refractivity contribution is 5.88. The molecule has 0 saturated carbocycles. The summed E-state index contributed by atoms with van der Waals surface area (Å²) in [5, 5.41) is 18.3. The van der Waals surface area contributed by atoms with Gasteiger partial charge in [-0.25, -0.2) is 4.79 Å². The molecule has 1 aliphatic heterocycles. The Kier molecular flexibility index (Phi) is 3.80. The van der Waals surface area contributed by atoms with E-state index in [9.17, 15) is 9.90 Å². The van der Waals surface area contributed by atoms with Gasteiger partial charge >= 0.3 is 5.97 Å². The Labute approximate surface area is 83.2 Å². The maximum absolute atomic E-state index is 10.8. The first kappa shape index (κ1) is 10.9.